The molecule has 1 saturated heterocycles. The minimum absolute atomic E-state index is 0.889. The summed E-state index contributed by atoms with van der Waals surface area (Å²) >= 11 is 0. The van der Waals surface area contributed by atoms with E-state index in [2.05, 4.69) is 127 Å². The first-order valence-corrected chi connectivity index (χ1v) is 11.1. The van der Waals surface area contributed by atoms with E-state index in [0.29, 0.717) is 0 Å². The largest absolute Gasteiger partial charge is 0.379 e. The lowest BCUT2D eigenvalue weighted by Gasteiger charge is -2.44. The second-order valence-corrected chi connectivity index (χ2v) is 7.87. The summed E-state index contributed by atoms with van der Waals surface area (Å²) in [6.07, 6.45) is -1.22. The van der Waals surface area contributed by atoms with Gasteiger partial charge in [-0.1, -0.05) is 121 Å². The number of nitrogens with one attached hydrogen (secondary N) is 1. The lowest BCUT2D eigenvalue weighted by Crippen LogP contribution is -2.74. The van der Waals surface area contributed by atoms with Crippen LogP contribution >= 0.6 is 0 Å². The minimum atomic E-state index is -1.22. The first-order chi connectivity index (χ1) is 15.4. The first-order valence-electron chi connectivity index (χ1n) is 11.1. The quantitative estimate of drug-likeness (QED) is 0.527. The van der Waals surface area contributed by atoms with Gasteiger partial charge in [-0.15, -0.1) is 0 Å². The zero-order valence-corrected chi connectivity index (χ0v) is 17.9. The molecule has 1 N–H and O–H groups in total. The molecule has 4 aromatic rings. The fourth-order valence-corrected chi connectivity index (χ4v) is 4.64. The molecule has 3 heteroatoms. The summed E-state index contributed by atoms with van der Waals surface area (Å²) in [7, 11) is 0. The number of ether oxygens (including phenoxy) is 1. The highest BCUT2D eigenvalue weighted by Gasteiger charge is 2.30. The molecule has 1 aliphatic rings. The van der Waals surface area contributed by atoms with Crippen molar-refractivity contribution in [2.75, 3.05) is 26.3 Å². The van der Waals surface area contributed by atoms with Crippen LogP contribution in [0.25, 0.3) is 0 Å². The van der Waals surface area contributed by atoms with Gasteiger partial charge in [0, 0.05) is 13.1 Å². The summed E-state index contributed by atoms with van der Waals surface area (Å²) in [6.45, 7) is 3.83. The Bertz CT molecular complexity index is 845. The molecular weight excluding hydrogens is 377 g/mol. The average molecular weight is 406 g/mol. The van der Waals surface area contributed by atoms with Gasteiger partial charge in [-0.05, 0) is 0 Å². The Morgan fingerprint density at radius 2 is 0.742 bits per heavy atom. The van der Waals surface area contributed by atoms with E-state index in [9.17, 15) is 0 Å². The van der Waals surface area contributed by atoms with Crippen molar-refractivity contribution in [1.29, 1.82) is 0 Å². The van der Waals surface area contributed by atoms with Gasteiger partial charge in [-0.25, -0.2) is 0 Å². The Labute approximate surface area is 185 Å². The van der Waals surface area contributed by atoms with Crippen molar-refractivity contribution >= 4 is 28.0 Å². The van der Waals surface area contributed by atoms with Crippen molar-refractivity contribution in [3.63, 3.8) is 0 Å². The van der Waals surface area contributed by atoms with E-state index in [0.717, 1.165) is 26.3 Å². The van der Waals surface area contributed by atoms with Gasteiger partial charge in [0.05, 0.1) is 13.2 Å². The minimum Gasteiger partial charge on any atom is -0.379 e. The molecule has 4 aromatic carbocycles. The fourth-order valence-electron chi connectivity index (χ4n) is 4.64. The Kier molecular flexibility index (Phi) is 7.33. The van der Waals surface area contributed by atoms with Crippen molar-refractivity contribution in [2.45, 2.75) is 0 Å². The average Bonchev–Trinajstić information content (AvgIpc) is 2.89. The number of hydrogen-bond donors (Lipinski definition) is 1. The van der Waals surface area contributed by atoms with Crippen LogP contribution in [0.4, 0.5) is 0 Å². The van der Waals surface area contributed by atoms with Crippen LogP contribution in [0, 0.1) is 0 Å². The Morgan fingerprint density at radius 3 is 0.935 bits per heavy atom. The van der Waals surface area contributed by atoms with Gasteiger partial charge in [-0.2, -0.15) is 21.9 Å². The van der Waals surface area contributed by atoms with Gasteiger partial charge >= 0.3 is 0 Å². The third-order valence-electron chi connectivity index (χ3n) is 6.04. The van der Waals surface area contributed by atoms with Crippen LogP contribution in [-0.2, 0) is 4.74 Å². The number of hydrogen-bond acceptors (Lipinski definition) is 2. The van der Waals surface area contributed by atoms with E-state index < -0.39 is 6.15 Å². The van der Waals surface area contributed by atoms with Crippen LogP contribution in [0.5, 0.6) is 0 Å². The molecule has 0 amide bonds. The molecule has 1 fully saturated rings. The van der Waals surface area contributed by atoms with Gasteiger partial charge in [-0.3, -0.25) is 0 Å². The van der Waals surface area contributed by atoms with Crippen molar-refractivity contribution in [1.82, 2.24) is 5.32 Å². The molecule has 0 aliphatic carbocycles. The molecule has 1 heterocycles. The molecule has 156 valence electrons. The molecule has 0 aromatic heterocycles. The first kappa shape index (κ1) is 21.1. The van der Waals surface area contributed by atoms with Gasteiger partial charge in [0.25, 0.3) is 0 Å². The van der Waals surface area contributed by atoms with Crippen molar-refractivity contribution in [3.8, 4) is 0 Å². The molecule has 0 radical (unpaired) electrons. The van der Waals surface area contributed by atoms with E-state index in [4.69, 9.17) is 4.74 Å². The lowest BCUT2D eigenvalue weighted by molar-refractivity contribution is 0.109. The third kappa shape index (κ3) is 4.79. The van der Waals surface area contributed by atoms with Crippen LogP contribution in [0.2, 0.25) is 0 Å². The van der Waals surface area contributed by atoms with E-state index >= 15 is 0 Å². The Balaban J connectivity index is 0.000000334. The summed E-state index contributed by atoms with van der Waals surface area (Å²) in [5, 5.41) is 3.16. The topological polar surface area (TPSA) is 21.3 Å². The van der Waals surface area contributed by atoms with Crippen molar-refractivity contribution < 1.29 is 4.74 Å². The summed E-state index contributed by atoms with van der Waals surface area (Å²) < 4.78 is 5.01. The van der Waals surface area contributed by atoms with Crippen molar-refractivity contribution in [2.24, 2.45) is 0 Å². The number of benzene rings is 4. The zero-order chi connectivity index (χ0) is 21.2. The van der Waals surface area contributed by atoms with Crippen molar-refractivity contribution in [3.05, 3.63) is 121 Å². The highest BCUT2D eigenvalue weighted by atomic mass is 16.5. The predicted octanol–water partition coefficient (Wildman–Crippen LogP) is 2.67. The highest BCUT2D eigenvalue weighted by molar-refractivity contribution is 7.19. The summed E-state index contributed by atoms with van der Waals surface area (Å²) in [4.78, 5) is 0. The van der Waals surface area contributed by atoms with Crippen LogP contribution in [0.3, 0.4) is 0 Å². The van der Waals surface area contributed by atoms with Gasteiger partial charge in [0.2, 0.25) is 0 Å². The molecule has 0 spiro atoms. The van der Waals surface area contributed by atoms with Crippen LogP contribution in [0.1, 0.15) is 0 Å². The maximum atomic E-state index is 5.01. The summed E-state index contributed by atoms with van der Waals surface area (Å²) in [5.41, 5.74) is 5.36. The normalized spacial score (nSPS) is 13.7. The molecular formula is C28H29BNO-. The molecule has 1 aliphatic heterocycles. The number of morpholine rings is 1. The highest BCUT2D eigenvalue weighted by Crippen LogP contribution is 2.09. The monoisotopic (exact) mass is 406 g/mol. The SMILES string of the molecule is C1COCCN1.c1ccc([B-](c2ccccc2)(c2ccccc2)c2ccccc2)cc1. The van der Waals surface area contributed by atoms with Gasteiger partial charge < -0.3 is 10.1 Å². The molecule has 0 bridgehead atoms. The third-order valence-corrected chi connectivity index (χ3v) is 6.04. The fraction of sp³-hybridized carbons (Fsp3) is 0.143. The maximum absolute atomic E-state index is 5.01. The molecule has 31 heavy (non-hydrogen) atoms. The zero-order valence-electron chi connectivity index (χ0n) is 17.9. The summed E-state index contributed by atoms with van der Waals surface area (Å²) in [6, 6.07) is 43.5. The van der Waals surface area contributed by atoms with E-state index in [1.165, 1.54) is 21.9 Å². The number of rotatable bonds is 4. The second kappa shape index (κ2) is 10.8. The Morgan fingerprint density at radius 1 is 0.452 bits per heavy atom. The van der Waals surface area contributed by atoms with Gasteiger partial charge in [0.15, 0.2) is 0 Å². The lowest BCUT2D eigenvalue weighted by atomic mass is 9.13. The van der Waals surface area contributed by atoms with E-state index in [1.54, 1.807) is 0 Å². The van der Waals surface area contributed by atoms with Crippen LogP contribution < -0.4 is 27.2 Å². The summed E-state index contributed by atoms with van der Waals surface area (Å²) in [5.74, 6) is 0. The van der Waals surface area contributed by atoms with E-state index in [-0.39, 0.29) is 0 Å². The molecule has 5 rings (SSSR count). The second-order valence-electron chi connectivity index (χ2n) is 7.87. The standard InChI is InChI=1S/C24H20B.C4H9NO/c1-5-13-21(14-6-1)25(22-15-7-2-8-16-22,23-17-9-3-10-18-23)24-19-11-4-12-20-24;1-3-6-4-2-5-1/h1-20H;5H,1-4H2/q-1;. The van der Waals surface area contributed by atoms with E-state index in [1.807, 2.05) is 0 Å². The molecule has 0 atom stereocenters. The maximum Gasteiger partial charge on any atom is 0.108 e. The molecule has 2 nitrogen and oxygen atoms in total. The predicted molar refractivity (Wildman–Crippen MR) is 134 cm³/mol. The molecule has 0 saturated carbocycles. The Hall–Kier alpha value is -3.14. The van der Waals surface area contributed by atoms with Crippen LogP contribution in [-0.4, -0.2) is 32.4 Å². The van der Waals surface area contributed by atoms with Crippen LogP contribution in [0.15, 0.2) is 121 Å². The molecule has 0 unspecified atom stereocenters. The smallest absolute Gasteiger partial charge is 0.108 e. The van der Waals surface area contributed by atoms with Gasteiger partial charge in [0.1, 0.15) is 6.15 Å².